The number of rotatable bonds is 2. The van der Waals surface area contributed by atoms with Crippen molar-refractivity contribution in [1.82, 2.24) is 0 Å². The third-order valence-corrected chi connectivity index (χ3v) is 12.6. The molecule has 4 heteroatoms. The Morgan fingerprint density at radius 1 is 1.03 bits per heavy atom. The van der Waals surface area contributed by atoms with Gasteiger partial charge in [-0.25, -0.2) is 0 Å². The van der Waals surface area contributed by atoms with Crippen molar-refractivity contribution in [3.8, 4) is 0 Å². The average Bonchev–Trinajstić information content (AvgIpc) is 3.22. The summed E-state index contributed by atoms with van der Waals surface area (Å²) >= 11 is 0. The highest BCUT2D eigenvalue weighted by molar-refractivity contribution is 5.28. The molecule has 192 valence electrons. The molecule has 0 aromatic rings. The molecule has 0 aromatic carbocycles. The van der Waals surface area contributed by atoms with Crippen molar-refractivity contribution >= 4 is 0 Å². The van der Waals surface area contributed by atoms with E-state index in [9.17, 15) is 10.2 Å². The van der Waals surface area contributed by atoms with Crippen LogP contribution >= 0.6 is 0 Å². The van der Waals surface area contributed by atoms with Crippen LogP contribution in [-0.4, -0.2) is 40.4 Å². The smallest absolute Gasteiger partial charge is 0.175 e. The molecule has 2 heterocycles. The molecule has 2 bridgehead atoms. The van der Waals surface area contributed by atoms with Crippen molar-refractivity contribution in [1.29, 1.82) is 0 Å². The number of hydrogen-bond acceptors (Lipinski definition) is 4. The summed E-state index contributed by atoms with van der Waals surface area (Å²) in [5.74, 6) is 1.51. The lowest BCUT2D eigenvalue weighted by Gasteiger charge is -2.69. The van der Waals surface area contributed by atoms with Gasteiger partial charge in [0, 0.05) is 24.2 Å². The van der Waals surface area contributed by atoms with Gasteiger partial charge in [0.25, 0.3) is 0 Å². The fraction of sp³-hybridized carbons (Fsp3) is 0.933. The molecule has 0 radical (unpaired) electrons. The van der Waals surface area contributed by atoms with Crippen molar-refractivity contribution in [3.05, 3.63) is 12.2 Å². The van der Waals surface area contributed by atoms with Crippen molar-refractivity contribution in [3.63, 3.8) is 0 Å². The SMILES string of the molecule is CC(C)C[C@@H]1C[C@](C)(O)[C@@H]2[C@H]3CC[C@@H]4[C@@]5(C)C=C[C@@H](O)C(C)(C)[C@@H]5CC[C@@]4(C)[C@@]34CO[C@@]2(C4)O1. The second-order valence-electron chi connectivity index (χ2n) is 15.1. The van der Waals surface area contributed by atoms with Crippen LogP contribution in [0.25, 0.3) is 0 Å². The number of allylic oxidation sites excluding steroid dienone is 1. The van der Waals surface area contributed by atoms with Crippen LogP contribution in [0.2, 0.25) is 0 Å². The van der Waals surface area contributed by atoms with E-state index in [0.717, 1.165) is 38.7 Å². The van der Waals surface area contributed by atoms with E-state index < -0.39 is 11.4 Å². The Hall–Kier alpha value is -0.420. The van der Waals surface area contributed by atoms with E-state index in [2.05, 4.69) is 60.6 Å². The highest BCUT2D eigenvalue weighted by Crippen LogP contribution is 2.79. The molecule has 6 aliphatic rings. The minimum absolute atomic E-state index is 0.0688. The molecule has 0 aromatic heterocycles. The molecule has 2 saturated heterocycles. The first-order valence-electron chi connectivity index (χ1n) is 14.1. The fourth-order valence-corrected chi connectivity index (χ4v) is 11.3. The van der Waals surface area contributed by atoms with E-state index in [0.29, 0.717) is 23.7 Å². The zero-order valence-electron chi connectivity index (χ0n) is 22.6. The molecule has 2 N–H and O–H groups in total. The number of aliphatic hydroxyl groups excluding tert-OH is 1. The van der Waals surface area contributed by atoms with Crippen LogP contribution in [0.15, 0.2) is 12.2 Å². The van der Waals surface area contributed by atoms with E-state index in [4.69, 9.17) is 9.47 Å². The summed E-state index contributed by atoms with van der Waals surface area (Å²) in [5.41, 5.74) is -0.543. The molecule has 2 spiro atoms. The minimum atomic E-state index is -0.744. The van der Waals surface area contributed by atoms with Crippen molar-refractivity contribution in [2.45, 2.75) is 117 Å². The average molecular weight is 473 g/mol. The first kappa shape index (κ1) is 23.9. The molecule has 34 heavy (non-hydrogen) atoms. The molecule has 6 rings (SSSR count). The van der Waals surface area contributed by atoms with Gasteiger partial charge in [-0.3, -0.25) is 0 Å². The second kappa shape index (κ2) is 6.91. The van der Waals surface area contributed by atoms with Gasteiger partial charge in [-0.15, -0.1) is 0 Å². The van der Waals surface area contributed by atoms with E-state index >= 15 is 0 Å². The number of fused-ring (bicyclic) bond motifs is 4. The van der Waals surface area contributed by atoms with Gasteiger partial charge in [-0.05, 0) is 78.9 Å². The van der Waals surface area contributed by atoms with E-state index in [-0.39, 0.29) is 39.8 Å². The lowest BCUT2D eigenvalue weighted by molar-refractivity contribution is -0.347. The summed E-state index contributed by atoms with van der Waals surface area (Å²) in [5, 5.41) is 22.7. The minimum Gasteiger partial charge on any atom is -0.390 e. The third kappa shape index (κ3) is 2.70. The Morgan fingerprint density at radius 2 is 1.76 bits per heavy atom. The van der Waals surface area contributed by atoms with E-state index in [1.807, 2.05) is 0 Å². The van der Waals surface area contributed by atoms with Gasteiger partial charge in [0.2, 0.25) is 0 Å². The molecular formula is C30H48O4. The Balaban J connectivity index is 1.41. The lowest BCUT2D eigenvalue weighted by Crippen LogP contribution is -2.66. The summed E-state index contributed by atoms with van der Waals surface area (Å²) in [6.45, 7) is 16.9. The van der Waals surface area contributed by atoms with Gasteiger partial charge in [0.1, 0.15) is 0 Å². The van der Waals surface area contributed by atoms with Gasteiger partial charge >= 0.3 is 0 Å². The number of hydrogen-bond donors (Lipinski definition) is 2. The second-order valence-corrected chi connectivity index (χ2v) is 15.1. The zero-order chi connectivity index (χ0) is 24.5. The van der Waals surface area contributed by atoms with E-state index in [1.54, 1.807) is 0 Å². The molecule has 4 aliphatic carbocycles. The summed E-state index contributed by atoms with van der Waals surface area (Å²) < 4.78 is 13.6. The predicted octanol–water partition coefficient (Wildman–Crippen LogP) is 5.71. The molecule has 0 amide bonds. The maximum absolute atomic E-state index is 11.9. The number of ether oxygens (including phenoxy) is 2. The Labute approximate surface area is 206 Å². The largest absolute Gasteiger partial charge is 0.390 e. The maximum atomic E-state index is 11.9. The van der Waals surface area contributed by atoms with Crippen molar-refractivity contribution in [2.75, 3.05) is 6.61 Å². The van der Waals surface area contributed by atoms with Gasteiger partial charge < -0.3 is 19.7 Å². The maximum Gasteiger partial charge on any atom is 0.175 e. The first-order chi connectivity index (χ1) is 15.7. The third-order valence-electron chi connectivity index (χ3n) is 12.6. The molecule has 11 atom stereocenters. The highest BCUT2D eigenvalue weighted by atomic mass is 16.7. The van der Waals surface area contributed by atoms with Crippen molar-refractivity contribution < 1.29 is 19.7 Å². The zero-order valence-corrected chi connectivity index (χ0v) is 22.6. The molecular weight excluding hydrogens is 424 g/mol. The Bertz CT molecular complexity index is 892. The summed E-state index contributed by atoms with van der Waals surface area (Å²) in [6.07, 6.45) is 11.5. The predicted molar refractivity (Wildman–Crippen MR) is 133 cm³/mol. The summed E-state index contributed by atoms with van der Waals surface area (Å²) in [7, 11) is 0. The van der Waals surface area contributed by atoms with Crippen LogP contribution in [0.3, 0.4) is 0 Å². The van der Waals surface area contributed by atoms with Crippen LogP contribution in [0.1, 0.15) is 93.4 Å². The Kier molecular flexibility index (Phi) is 4.87. The Morgan fingerprint density at radius 3 is 2.47 bits per heavy atom. The highest BCUT2D eigenvalue weighted by Gasteiger charge is 2.80. The monoisotopic (exact) mass is 472 g/mol. The van der Waals surface area contributed by atoms with Gasteiger partial charge in [0.05, 0.1) is 24.4 Å². The molecule has 5 fully saturated rings. The van der Waals surface area contributed by atoms with Gasteiger partial charge in [-0.2, -0.15) is 0 Å². The molecule has 4 nitrogen and oxygen atoms in total. The number of aliphatic hydroxyl groups is 2. The van der Waals surface area contributed by atoms with Crippen molar-refractivity contribution in [2.24, 2.45) is 51.2 Å². The first-order valence-corrected chi connectivity index (χ1v) is 14.1. The van der Waals surface area contributed by atoms with Gasteiger partial charge in [0.15, 0.2) is 5.79 Å². The van der Waals surface area contributed by atoms with Crippen LogP contribution < -0.4 is 0 Å². The normalized spacial score (nSPS) is 59.4. The molecule has 3 saturated carbocycles. The van der Waals surface area contributed by atoms with Crippen LogP contribution in [0.5, 0.6) is 0 Å². The summed E-state index contributed by atoms with van der Waals surface area (Å²) in [4.78, 5) is 0. The van der Waals surface area contributed by atoms with Gasteiger partial charge in [-0.1, -0.05) is 53.7 Å². The molecule has 0 unspecified atom stereocenters. The van der Waals surface area contributed by atoms with E-state index in [1.165, 1.54) is 12.8 Å². The quantitative estimate of drug-likeness (QED) is 0.505. The topological polar surface area (TPSA) is 58.9 Å². The standard InChI is InChI=1S/C30H48O4/c1-18(2)14-19-15-28(7,32)24-20-8-9-22-26(5)12-11-23(31)25(3,4)21(26)10-13-27(22,6)29(20)16-30(24,34-19)33-17-29/h11-12,18-24,31-32H,8-10,13-17H2,1-7H3/t19-,20-,21+,22-,23-,24+,26+,27-,28+,29+,30+/m1/s1. The molecule has 2 aliphatic heterocycles. The summed E-state index contributed by atoms with van der Waals surface area (Å²) in [6, 6.07) is 0. The van der Waals surface area contributed by atoms with Crippen LogP contribution in [0, 0.1) is 51.2 Å². The van der Waals surface area contributed by atoms with Crippen LogP contribution in [-0.2, 0) is 9.47 Å². The fourth-order valence-electron chi connectivity index (χ4n) is 11.3. The lowest BCUT2D eigenvalue weighted by atomic mass is 9.36. The van der Waals surface area contributed by atoms with Crippen LogP contribution in [0.4, 0.5) is 0 Å².